The molecule has 0 saturated carbocycles. The molecule has 2 aromatic carbocycles. The zero-order valence-corrected chi connectivity index (χ0v) is 12.8. The van der Waals surface area contributed by atoms with Crippen LogP contribution >= 0.6 is 15.9 Å². The van der Waals surface area contributed by atoms with Crippen LogP contribution in [0, 0.1) is 10.1 Å². The van der Waals surface area contributed by atoms with Gasteiger partial charge in [-0.15, -0.1) is 0 Å². The maximum Gasteiger partial charge on any atom is 0.312 e. The molecule has 0 radical (unpaired) electrons. The number of benzene rings is 2. The number of halogens is 1. The van der Waals surface area contributed by atoms with Gasteiger partial charge in [-0.2, -0.15) is 0 Å². The Labute approximate surface area is 125 Å². The molecule has 0 saturated heterocycles. The van der Waals surface area contributed by atoms with E-state index < -0.39 is 4.92 Å². The standard InChI is InChI=1S/C15H14BrNO3/c1-10(2)12-5-3-4-6-14(12)20-15-8-7-11(16)9-13(15)17(18)19/h3-10H,1-2H3. The molecule has 0 N–H and O–H groups in total. The second-order valence-electron chi connectivity index (χ2n) is 4.66. The molecule has 0 aliphatic carbocycles. The van der Waals surface area contributed by atoms with Gasteiger partial charge in [0.05, 0.1) is 4.92 Å². The van der Waals surface area contributed by atoms with Crippen molar-refractivity contribution in [2.75, 3.05) is 0 Å². The topological polar surface area (TPSA) is 52.4 Å². The molecule has 0 heterocycles. The SMILES string of the molecule is CC(C)c1ccccc1Oc1ccc(Br)cc1[N+](=O)[O-]. The number of para-hydroxylation sites is 1. The molecule has 2 aromatic rings. The molecule has 104 valence electrons. The molecule has 20 heavy (non-hydrogen) atoms. The lowest BCUT2D eigenvalue weighted by Gasteiger charge is -2.13. The second-order valence-corrected chi connectivity index (χ2v) is 5.58. The van der Waals surface area contributed by atoms with Crippen LogP contribution in [-0.2, 0) is 0 Å². The summed E-state index contributed by atoms with van der Waals surface area (Å²) in [5.74, 6) is 1.17. The van der Waals surface area contributed by atoms with E-state index in [4.69, 9.17) is 4.74 Å². The first-order chi connectivity index (χ1) is 9.49. The highest BCUT2D eigenvalue weighted by molar-refractivity contribution is 9.10. The van der Waals surface area contributed by atoms with Gasteiger partial charge >= 0.3 is 5.69 Å². The van der Waals surface area contributed by atoms with Crippen molar-refractivity contribution in [2.45, 2.75) is 19.8 Å². The largest absolute Gasteiger partial charge is 0.450 e. The third kappa shape index (κ3) is 3.17. The molecule has 2 rings (SSSR count). The maximum absolute atomic E-state index is 11.1. The molecule has 0 amide bonds. The van der Waals surface area contributed by atoms with E-state index in [9.17, 15) is 10.1 Å². The fraction of sp³-hybridized carbons (Fsp3) is 0.200. The van der Waals surface area contributed by atoms with Crippen molar-refractivity contribution in [3.63, 3.8) is 0 Å². The lowest BCUT2D eigenvalue weighted by Crippen LogP contribution is -1.97. The summed E-state index contributed by atoms with van der Waals surface area (Å²) in [5, 5.41) is 11.1. The number of ether oxygens (including phenoxy) is 1. The first-order valence-corrected chi connectivity index (χ1v) is 6.99. The molecular weight excluding hydrogens is 322 g/mol. The lowest BCUT2D eigenvalue weighted by atomic mass is 10.0. The van der Waals surface area contributed by atoms with Crippen LogP contribution in [0.3, 0.4) is 0 Å². The summed E-state index contributed by atoms with van der Waals surface area (Å²) >= 11 is 3.23. The van der Waals surface area contributed by atoms with Gasteiger partial charge in [0, 0.05) is 10.5 Å². The van der Waals surface area contributed by atoms with Crippen molar-refractivity contribution >= 4 is 21.6 Å². The molecule has 4 nitrogen and oxygen atoms in total. The second kappa shape index (κ2) is 6.05. The van der Waals surface area contributed by atoms with E-state index in [-0.39, 0.29) is 17.4 Å². The van der Waals surface area contributed by atoms with Crippen molar-refractivity contribution in [1.82, 2.24) is 0 Å². The van der Waals surface area contributed by atoms with Gasteiger partial charge in [-0.1, -0.05) is 48.0 Å². The molecule has 0 fully saturated rings. The third-order valence-corrected chi connectivity index (χ3v) is 3.37. The zero-order valence-electron chi connectivity index (χ0n) is 11.2. The minimum Gasteiger partial charge on any atom is -0.450 e. The predicted octanol–water partition coefficient (Wildman–Crippen LogP) is 5.27. The van der Waals surface area contributed by atoms with Gasteiger partial charge in [0.2, 0.25) is 5.75 Å². The minimum absolute atomic E-state index is 0.0575. The number of hydrogen-bond acceptors (Lipinski definition) is 3. The summed E-state index contributed by atoms with van der Waals surface area (Å²) in [6.45, 7) is 4.11. The van der Waals surface area contributed by atoms with Gasteiger partial charge in [-0.3, -0.25) is 10.1 Å². The number of nitro benzene ring substituents is 1. The van der Waals surface area contributed by atoms with E-state index in [1.54, 1.807) is 12.1 Å². The summed E-state index contributed by atoms with van der Waals surface area (Å²) < 4.78 is 6.40. The minimum atomic E-state index is -0.446. The lowest BCUT2D eigenvalue weighted by molar-refractivity contribution is -0.385. The van der Waals surface area contributed by atoms with Crippen molar-refractivity contribution in [2.24, 2.45) is 0 Å². The van der Waals surface area contributed by atoms with Crippen LogP contribution in [-0.4, -0.2) is 4.92 Å². The highest BCUT2D eigenvalue weighted by Crippen LogP contribution is 2.36. The molecular formula is C15H14BrNO3. The van der Waals surface area contributed by atoms with Crippen molar-refractivity contribution < 1.29 is 9.66 Å². The third-order valence-electron chi connectivity index (χ3n) is 2.88. The Bertz CT molecular complexity index is 641. The normalized spacial score (nSPS) is 10.6. The van der Waals surface area contributed by atoms with Gasteiger partial charge < -0.3 is 4.74 Å². The Kier molecular flexibility index (Phi) is 4.39. The molecule has 5 heteroatoms. The van der Waals surface area contributed by atoms with Gasteiger partial charge in [-0.25, -0.2) is 0 Å². The van der Waals surface area contributed by atoms with Crippen LogP contribution in [0.4, 0.5) is 5.69 Å². The van der Waals surface area contributed by atoms with Crippen molar-refractivity contribution in [3.8, 4) is 11.5 Å². The van der Waals surface area contributed by atoms with E-state index >= 15 is 0 Å². The molecule has 0 bridgehead atoms. The van der Waals surface area contributed by atoms with Gasteiger partial charge in [-0.05, 0) is 29.7 Å². The number of nitrogens with zero attached hydrogens (tertiary/aromatic N) is 1. The molecule has 0 aliphatic rings. The quantitative estimate of drug-likeness (QED) is 0.564. The molecule has 0 unspecified atom stereocenters. The Morgan fingerprint density at radius 3 is 2.50 bits per heavy atom. The van der Waals surface area contributed by atoms with Gasteiger partial charge in [0.15, 0.2) is 0 Å². The Morgan fingerprint density at radius 2 is 1.85 bits per heavy atom. The van der Waals surface area contributed by atoms with Gasteiger partial charge in [0.25, 0.3) is 0 Å². The van der Waals surface area contributed by atoms with E-state index in [2.05, 4.69) is 29.8 Å². The average Bonchev–Trinajstić information content (AvgIpc) is 2.41. The molecule has 0 spiro atoms. The van der Waals surface area contributed by atoms with E-state index in [0.717, 1.165) is 5.56 Å². The fourth-order valence-corrected chi connectivity index (χ4v) is 2.24. The summed E-state index contributed by atoms with van der Waals surface area (Å²) in [4.78, 5) is 10.6. The summed E-state index contributed by atoms with van der Waals surface area (Å²) in [6.07, 6.45) is 0. The molecule has 0 aromatic heterocycles. The van der Waals surface area contributed by atoms with Crippen molar-refractivity contribution in [3.05, 3.63) is 62.6 Å². The smallest absolute Gasteiger partial charge is 0.312 e. The first kappa shape index (κ1) is 14.5. The Balaban J connectivity index is 2.43. The number of nitro groups is 1. The van der Waals surface area contributed by atoms with Crippen LogP contribution in [0.1, 0.15) is 25.3 Å². The maximum atomic E-state index is 11.1. The highest BCUT2D eigenvalue weighted by atomic mass is 79.9. The average molecular weight is 336 g/mol. The Hall–Kier alpha value is -1.88. The van der Waals surface area contributed by atoms with E-state index in [1.165, 1.54) is 6.07 Å². The summed E-state index contributed by atoms with van der Waals surface area (Å²) in [5.41, 5.74) is 0.961. The van der Waals surface area contributed by atoms with Crippen LogP contribution in [0.5, 0.6) is 11.5 Å². The molecule has 0 atom stereocenters. The van der Waals surface area contributed by atoms with Crippen LogP contribution in [0.2, 0.25) is 0 Å². The fourth-order valence-electron chi connectivity index (χ4n) is 1.89. The summed E-state index contributed by atoms with van der Waals surface area (Å²) in [7, 11) is 0. The first-order valence-electron chi connectivity index (χ1n) is 6.19. The monoisotopic (exact) mass is 335 g/mol. The zero-order chi connectivity index (χ0) is 14.7. The number of hydrogen-bond donors (Lipinski definition) is 0. The van der Waals surface area contributed by atoms with Crippen molar-refractivity contribution in [1.29, 1.82) is 0 Å². The number of rotatable bonds is 4. The van der Waals surface area contributed by atoms with E-state index in [0.29, 0.717) is 10.2 Å². The van der Waals surface area contributed by atoms with Crippen LogP contribution in [0.15, 0.2) is 46.9 Å². The van der Waals surface area contributed by atoms with Crippen LogP contribution < -0.4 is 4.74 Å². The predicted molar refractivity (Wildman–Crippen MR) is 81.4 cm³/mol. The Morgan fingerprint density at radius 1 is 1.15 bits per heavy atom. The highest BCUT2D eigenvalue weighted by Gasteiger charge is 2.18. The summed E-state index contributed by atoms with van der Waals surface area (Å²) in [6, 6.07) is 12.3. The van der Waals surface area contributed by atoms with Gasteiger partial charge in [0.1, 0.15) is 5.75 Å². The molecule has 0 aliphatic heterocycles. The van der Waals surface area contributed by atoms with E-state index in [1.807, 2.05) is 24.3 Å². The van der Waals surface area contributed by atoms with Crippen LogP contribution in [0.25, 0.3) is 0 Å².